The molecule has 1 fully saturated rings. The molecular formula is C29H55NO6. The van der Waals surface area contributed by atoms with Crippen LogP contribution in [0.25, 0.3) is 0 Å². The first-order chi connectivity index (χ1) is 17.4. The first-order valence-corrected chi connectivity index (χ1v) is 14.5. The minimum absolute atomic E-state index is 0.0252. The fourth-order valence-corrected chi connectivity index (χ4v) is 4.25. The molecule has 7 heteroatoms. The number of carbonyl (C=O) groups is 2. The Bertz CT molecular complexity index is 570. The minimum Gasteiger partial charge on any atom is -0.469 e. The molecule has 212 valence electrons. The van der Waals surface area contributed by atoms with Crippen molar-refractivity contribution in [3.63, 3.8) is 0 Å². The van der Waals surface area contributed by atoms with Crippen LogP contribution in [0.15, 0.2) is 0 Å². The van der Waals surface area contributed by atoms with E-state index in [4.69, 9.17) is 14.2 Å². The van der Waals surface area contributed by atoms with E-state index in [0.29, 0.717) is 38.8 Å². The Hall–Kier alpha value is -1.18. The van der Waals surface area contributed by atoms with Crippen molar-refractivity contribution in [2.24, 2.45) is 11.8 Å². The highest BCUT2D eigenvalue weighted by Gasteiger charge is 2.40. The highest BCUT2D eigenvalue weighted by molar-refractivity contribution is 5.72. The Morgan fingerprint density at radius 3 is 2.17 bits per heavy atom. The number of nitrogens with zero attached hydrogens (tertiary/aromatic N) is 1. The van der Waals surface area contributed by atoms with E-state index in [9.17, 15) is 9.59 Å². The van der Waals surface area contributed by atoms with Gasteiger partial charge in [-0.25, -0.2) is 0 Å². The first-order valence-electron chi connectivity index (χ1n) is 14.5. The molecule has 0 aromatic heterocycles. The second-order valence-electron chi connectivity index (χ2n) is 10.7. The SMILES string of the molecule is CCCCCCCCC1CC1OC(=O)C(C)CCCCOCC(COCCCCC(=O)OC)N(C)C. The summed E-state index contributed by atoms with van der Waals surface area (Å²) in [5, 5.41) is 0. The molecule has 1 aliphatic carbocycles. The molecule has 0 saturated heterocycles. The van der Waals surface area contributed by atoms with Gasteiger partial charge in [0.05, 0.1) is 32.3 Å². The maximum Gasteiger partial charge on any atom is 0.308 e. The summed E-state index contributed by atoms with van der Waals surface area (Å²) in [4.78, 5) is 25.6. The van der Waals surface area contributed by atoms with Crippen molar-refractivity contribution < 1.29 is 28.5 Å². The molecule has 0 bridgehead atoms. The number of likely N-dealkylation sites (N-methyl/N-ethyl adjacent to an activating group) is 1. The summed E-state index contributed by atoms with van der Waals surface area (Å²) in [6, 6.07) is 0.197. The van der Waals surface area contributed by atoms with Gasteiger partial charge in [0.1, 0.15) is 6.10 Å². The summed E-state index contributed by atoms with van der Waals surface area (Å²) in [6.45, 7) is 6.78. The molecule has 0 aromatic carbocycles. The minimum atomic E-state index is -0.170. The second-order valence-corrected chi connectivity index (χ2v) is 10.7. The third kappa shape index (κ3) is 16.5. The predicted molar refractivity (Wildman–Crippen MR) is 144 cm³/mol. The van der Waals surface area contributed by atoms with E-state index in [0.717, 1.165) is 38.5 Å². The van der Waals surface area contributed by atoms with Crippen LogP contribution in [-0.4, -0.2) is 76.6 Å². The summed E-state index contributed by atoms with van der Waals surface area (Å²) >= 11 is 0. The molecule has 1 saturated carbocycles. The Balaban J connectivity index is 2.01. The number of hydrogen-bond acceptors (Lipinski definition) is 7. The smallest absolute Gasteiger partial charge is 0.308 e. The lowest BCUT2D eigenvalue weighted by atomic mass is 10.0. The number of ether oxygens (including phenoxy) is 4. The largest absolute Gasteiger partial charge is 0.469 e. The summed E-state index contributed by atoms with van der Waals surface area (Å²) < 4.78 is 22.0. The lowest BCUT2D eigenvalue weighted by Crippen LogP contribution is -2.37. The van der Waals surface area contributed by atoms with Gasteiger partial charge in [0.15, 0.2) is 0 Å². The van der Waals surface area contributed by atoms with Crippen molar-refractivity contribution in [1.29, 1.82) is 0 Å². The van der Waals surface area contributed by atoms with Gasteiger partial charge in [0.25, 0.3) is 0 Å². The fourth-order valence-electron chi connectivity index (χ4n) is 4.25. The van der Waals surface area contributed by atoms with Crippen molar-refractivity contribution >= 4 is 11.9 Å². The van der Waals surface area contributed by atoms with Gasteiger partial charge in [0.2, 0.25) is 0 Å². The van der Waals surface area contributed by atoms with Gasteiger partial charge in [-0.1, -0.05) is 58.8 Å². The zero-order chi connectivity index (χ0) is 26.6. The van der Waals surface area contributed by atoms with E-state index in [1.807, 2.05) is 21.0 Å². The summed E-state index contributed by atoms with van der Waals surface area (Å²) in [5.41, 5.74) is 0. The quantitative estimate of drug-likeness (QED) is 0.120. The van der Waals surface area contributed by atoms with Crippen LogP contribution in [0.4, 0.5) is 0 Å². The third-order valence-corrected chi connectivity index (χ3v) is 7.13. The molecular weight excluding hydrogens is 458 g/mol. The van der Waals surface area contributed by atoms with Gasteiger partial charge in [-0.3, -0.25) is 9.59 Å². The molecule has 4 atom stereocenters. The van der Waals surface area contributed by atoms with Gasteiger partial charge < -0.3 is 23.8 Å². The topological polar surface area (TPSA) is 74.3 Å². The highest BCUT2D eigenvalue weighted by Crippen LogP contribution is 2.38. The average molecular weight is 514 g/mol. The van der Waals surface area contributed by atoms with Gasteiger partial charge >= 0.3 is 11.9 Å². The summed E-state index contributed by atoms with van der Waals surface area (Å²) in [7, 11) is 5.47. The standard InChI is InChI=1S/C29H55NO6/c1-6-7-8-9-10-11-17-25-21-27(25)36-29(32)24(2)16-12-14-19-34-22-26(30(3)4)23-35-20-15-13-18-28(31)33-5/h24-27H,6-23H2,1-5H3. The number of unbranched alkanes of at least 4 members (excludes halogenated alkanes) is 7. The lowest BCUT2D eigenvalue weighted by Gasteiger charge is -2.24. The van der Waals surface area contributed by atoms with E-state index in [1.54, 1.807) is 0 Å². The van der Waals surface area contributed by atoms with Crippen molar-refractivity contribution in [1.82, 2.24) is 4.90 Å². The second kappa shape index (κ2) is 20.8. The van der Waals surface area contributed by atoms with Crippen LogP contribution in [0.3, 0.4) is 0 Å². The molecule has 0 N–H and O–H groups in total. The van der Waals surface area contributed by atoms with Crippen molar-refractivity contribution in [3.8, 4) is 0 Å². The zero-order valence-electron chi connectivity index (χ0n) is 23.9. The van der Waals surface area contributed by atoms with Crippen molar-refractivity contribution in [3.05, 3.63) is 0 Å². The Kier molecular flexibility index (Phi) is 19.0. The number of rotatable bonds is 24. The van der Waals surface area contributed by atoms with E-state index in [1.165, 1.54) is 52.1 Å². The molecule has 1 aliphatic rings. The van der Waals surface area contributed by atoms with E-state index in [-0.39, 0.29) is 30.0 Å². The molecule has 0 radical (unpaired) electrons. The van der Waals surface area contributed by atoms with Gasteiger partial charge in [-0.05, 0) is 58.5 Å². The number of carbonyl (C=O) groups excluding carboxylic acids is 2. The van der Waals surface area contributed by atoms with E-state index < -0.39 is 0 Å². The van der Waals surface area contributed by atoms with E-state index >= 15 is 0 Å². The highest BCUT2D eigenvalue weighted by atomic mass is 16.6. The van der Waals surface area contributed by atoms with Crippen molar-refractivity contribution in [2.45, 2.75) is 116 Å². The Labute approximate surface area is 220 Å². The summed E-state index contributed by atoms with van der Waals surface area (Å²) in [6.07, 6.45) is 15.2. The number of methoxy groups -OCH3 is 1. The van der Waals surface area contributed by atoms with Crippen LogP contribution in [0.5, 0.6) is 0 Å². The Morgan fingerprint density at radius 1 is 0.889 bits per heavy atom. The number of esters is 2. The molecule has 7 nitrogen and oxygen atoms in total. The van der Waals surface area contributed by atoms with Gasteiger partial charge in [-0.15, -0.1) is 0 Å². The summed E-state index contributed by atoms with van der Waals surface area (Å²) in [5.74, 6) is 0.371. The zero-order valence-corrected chi connectivity index (χ0v) is 23.9. The van der Waals surface area contributed by atoms with Gasteiger partial charge in [0, 0.05) is 19.6 Å². The lowest BCUT2D eigenvalue weighted by molar-refractivity contribution is -0.150. The van der Waals surface area contributed by atoms with Crippen LogP contribution in [0, 0.1) is 11.8 Å². The van der Waals surface area contributed by atoms with E-state index in [2.05, 4.69) is 16.6 Å². The Morgan fingerprint density at radius 2 is 1.53 bits per heavy atom. The average Bonchev–Trinajstić information content (AvgIpc) is 3.60. The van der Waals surface area contributed by atoms with Crippen LogP contribution in [-0.2, 0) is 28.5 Å². The molecule has 0 amide bonds. The maximum atomic E-state index is 12.4. The van der Waals surface area contributed by atoms with Crippen LogP contribution < -0.4 is 0 Å². The molecule has 0 aliphatic heterocycles. The molecule has 0 spiro atoms. The fraction of sp³-hybridized carbons (Fsp3) is 0.931. The third-order valence-electron chi connectivity index (χ3n) is 7.13. The molecule has 0 aromatic rings. The normalized spacial score (nSPS) is 18.7. The van der Waals surface area contributed by atoms with Crippen LogP contribution in [0.2, 0.25) is 0 Å². The maximum absolute atomic E-state index is 12.4. The van der Waals surface area contributed by atoms with Crippen molar-refractivity contribution in [2.75, 3.05) is 47.6 Å². The molecule has 36 heavy (non-hydrogen) atoms. The van der Waals surface area contributed by atoms with Gasteiger partial charge in [-0.2, -0.15) is 0 Å². The molecule has 0 heterocycles. The van der Waals surface area contributed by atoms with Crippen LogP contribution >= 0.6 is 0 Å². The molecule has 4 unspecified atom stereocenters. The monoisotopic (exact) mass is 513 g/mol. The number of hydrogen-bond donors (Lipinski definition) is 0. The molecule has 1 rings (SSSR count). The van der Waals surface area contributed by atoms with Crippen LogP contribution in [0.1, 0.15) is 104 Å². The predicted octanol–water partition coefficient (Wildman–Crippen LogP) is 5.78. The first kappa shape index (κ1) is 32.8.